The summed E-state index contributed by atoms with van der Waals surface area (Å²) in [7, 11) is 0. The molecule has 156 valence electrons. The van der Waals surface area contributed by atoms with Crippen LogP contribution in [0, 0.1) is 5.92 Å². The van der Waals surface area contributed by atoms with E-state index in [4.69, 9.17) is 16.3 Å². The summed E-state index contributed by atoms with van der Waals surface area (Å²) in [6.07, 6.45) is 1.86. The predicted molar refractivity (Wildman–Crippen MR) is 123 cm³/mol. The van der Waals surface area contributed by atoms with Crippen molar-refractivity contribution in [3.63, 3.8) is 0 Å². The summed E-state index contributed by atoms with van der Waals surface area (Å²) in [4.78, 5) is 13.3. The number of hydrogen-bond donors (Lipinski definition) is 1. The average Bonchev–Trinajstić information content (AvgIpc) is 2.76. The van der Waals surface area contributed by atoms with Crippen LogP contribution in [0.5, 0.6) is 5.75 Å². The highest BCUT2D eigenvalue weighted by Crippen LogP contribution is 2.37. The summed E-state index contributed by atoms with van der Waals surface area (Å²) in [6, 6.07) is 24.0. The number of carboxylic acids is 1. The SMILES string of the molecule is CCC(CCc1cccc(Sc2cccc(OCc3ccccc3)c2)c1Cl)C(=O)O. The molecule has 3 nitrogen and oxygen atoms in total. The highest BCUT2D eigenvalue weighted by molar-refractivity contribution is 7.99. The second-order valence-electron chi connectivity index (χ2n) is 7.06. The number of aliphatic carboxylic acids is 1. The Morgan fingerprint density at radius 2 is 1.83 bits per heavy atom. The van der Waals surface area contributed by atoms with Crippen molar-refractivity contribution < 1.29 is 14.6 Å². The normalized spacial score (nSPS) is 11.8. The Balaban J connectivity index is 1.66. The Morgan fingerprint density at radius 3 is 2.57 bits per heavy atom. The van der Waals surface area contributed by atoms with E-state index in [0.717, 1.165) is 26.7 Å². The van der Waals surface area contributed by atoms with Crippen molar-refractivity contribution in [2.75, 3.05) is 0 Å². The number of ether oxygens (including phenoxy) is 1. The molecule has 0 fully saturated rings. The molecule has 0 aliphatic heterocycles. The zero-order valence-electron chi connectivity index (χ0n) is 16.9. The van der Waals surface area contributed by atoms with E-state index in [1.807, 2.05) is 79.7 Å². The zero-order valence-corrected chi connectivity index (χ0v) is 18.5. The molecule has 0 spiro atoms. The smallest absolute Gasteiger partial charge is 0.306 e. The molecule has 0 bridgehead atoms. The van der Waals surface area contributed by atoms with Crippen LogP contribution in [0.3, 0.4) is 0 Å². The fraction of sp³-hybridized carbons (Fsp3) is 0.240. The fourth-order valence-corrected chi connectivity index (χ4v) is 4.43. The van der Waals surface area contributed by atoms with Crippen molar-refractivity contribution in [3.05, 3.63) is 88.9 Å². The maximum absolute atomic E-state index is 11.3. The van der Waals surface area contributed by atoms with Gasteiger partial charge in [-0.05, 0) is 54.7 Å². The van der Waals surface area contributed by atoms with Gasteiger partial charge in [0, 0.05) is 9.79 Å². The molecule has 0 aromatic heterocycles. The van der Waals surface area contributed by atoms with Crippen LogP contribution >= 0.6 is 23.4 Å². The third-order valence-electron chi connectivity index (χ3n) is 4.93. The molecular weight excluding hydrogens is 416 g/mol. The summed E-state index contributed by atoms with van der Waals surface area (Å²) >= 11 is 8.23. The van der Waals surface area contributed by atoms with E-state index in [-0.39, 0.29) is 5.92 Å². The van der Waals surface area contributed by atoms with Gasteiger partial charge < -0.3 is 9.84 Å². The molecule has 3 aromatic rings. The van der Waals surface area contributed by atoms with Gasteiger partial charge in [-0.25, -0.2) is 0 Å². The van der Waals surface area contributed by atoms with Gasteiger partial charge in [-0.3, -0.25) is 4.79 Å². The van der Waals surface area contributed by atoms with Gasteiger partial charge in [-0.2, -0.15) is 0 Å². The number of hydrogen-bond acceptors (Lipinski definition) is 3. The van der Waals surface area contributed by atoms with Crippen molar-refractivity contribution >= 4 is 29.3 Å². The first-order valence-electron chi connectivity index (χ1n) is 10.0. The first-order valence-corrected chi connectivity index (χ1v) is 11.2. The molecule has 0 saturated carbocycles. The summed E-state index contributed by atoms with van der Waals surface area (Å²) in [5.41, 5.74) is 2.11. The first-order chi connectivity index (χ1) is 14.6. The molecule has 3 rings (SSSR count). The molecule has 1 atom stereocenters. The van der Waals surface area contributed by atoms with Crippen LogP contribution in [-0.2, 0) is 17.8 Å². The quantitative estimate of drug-likeness (QED) is 0.364. The minimum Gasteiger partial charge on any atom is -0.489 e. The number of rotatable bonds is 10. The highest BCUT2D eigenvalue weighted by Gasteiger charge is 2.16. The Hall–Kier alpha value is -2.43. The lowest BCUT2D eigenvalue weighted by Gasteiger charge is -2.13. The third-order valence-corrected chi connectivity index (χ3v) is 6.54. The van der Waals surface area contributed by atoms with Crippen molar-refractivity contribution in [2.45, 2.75) is 42.6 Å². The monoisotopic (exact) mass is 440 g/mol. The van der Waals surface area contributed by atoms with E-state index < -0.39 is 5.97 Å². The summed E-state index contributed by atoms with van der Waals surface area (Å²) in [6.45, 7) is 2.42. The molecule has 30 heavy (non-hydrogen) atoms. The van der Waals surface area contributed by atoms with Crippen LogP contribution in [0.4, 0.5) is 0 Å². The molecule has 0 saturated heterocycles. The largest absolute Gasteiger partial charge is 0.489 e. The lowest BCUT2D eigenvalue weighted by atomic mass is 9.97. The Kier molecular flexibility index (Phi) is 8.23. The number of benzene rings is 3. The topological polar surface area (TPSA) is 46.5 Å². The standard InChI is InChI=1S/C25H25ClO3S/c1-2-19(25(27)28)14-15-20-10-6-13-23(24(20)26)30-22-12-7-11-21(16-22)29-17-18-8-4-3-5-9-18/h3-13,16,19H,2,14-15,17H2,1H3,(H,27,28). The van der Waals surface area contributed by atoms with Gasteiger partial charge in [0.15, 0.2) is 0 Å². The van der Waals surface area contributed by atoms with Crippen LogP contribution in [0.1, 0.15) is 30.9 Å². The van der Waals surface area contributed by atoms with Crippen LogP contribution in [0.2, 0.25) is 5.02 Å². The molecule has 3 aromatic carbocycles. The van der Waals surface area contributed by atoms with Gasteiger partial charge in [0.05, 0.1) is 10.9 Å². The van der Waals surface area contributed by atoms with E-state index >= 15 is 0 Å². The van der Waals surface area contributed by atoms with E-state index in [2.05, 4.69) is 0 Å². The lowest BCUT2D eigenvalue weighted by Crippen LogP contribution is -2.13. The van der Waals surface area contributed by atoms with E-state index in [1.165, 1.54) is 0 Å². The second-order valence-corrected chi connectivity index (χ2v) is 8.56. The Labute approximate surface area is 187 Å². The summed E-state index contributed by atoms with van der Waals surface area (Å²) < 4.78 is 5.92. The number of carboxylic acid groups (broad SMARTS) is 1. The minimum absolute atomic E-state index is 0.337. The molecule has 0 heterocycles. The number of aryl methyl sites for hydroxylation is 1. The van der Waals surface area contributed by atoms with Gasteiger partial charge in [0.1, 0.15) is 12.4 Å². The molecule has 0 aliphatic rings. The van der Waals surface area contributed by atoms with Gasteiger partial charge >= 0.3 is 5.97 Å². The molecule has 5 heteroatoms. The maximum atomic E-state index is 11.3. The van der Waals surface area contributed by atoms with Crippen molar-refractivity contribution in [1.29, 1.82) is 0 Å². The van der Waals surface area contributed by atoms with Crippen LogP contribution < -0.4 is 4.74 Å². The molecule has 0 amide bonds. The molecule has 1 N–H and O–H groups in total. The zero-order chi connectivity index (χ0) is 21.3. The average molecular weight is 441 g/mol. The van der Waals surface area contributed by atoms with E-state index in [1.54, 1.807) is 11.8 Å². The molecular formula is C25H25ClO3S. The highest BCUT2D eigenvalue weighted by atomic mass is 35.5. The molecule has 0 radical (unpaired) electrons. The summed E-state index contributed by atoms with van der Waals surface area (Å²) in [5, 5.41) is 9.96. The lowest BCUT2D eigenvalue weighted by molar-refractivity contribution is -0.142. The Morgan fingerprint density at radius 1 is 1.07 bits per heavy atom. The molecule has 1 unspecified atom stereocenters. The summed E-state index contributed by atoms with van der Waals surface area (Å²) in [5.74, 6) is -0.273. The van der Waals surface area contributed by atoms with Crippen molar-refractivity contribution in [1.82, 2.24) is 0 Å². The van der Waals surface area contributed by atoms with Gasteiger partial charge in [0.25, 0.3) is 0 Å². The van der Waals surface area contributed by atoms with Gasteiger partial charge in [-0.15, -0.1) is 0 Å². The van der Waals surface area contributed by atoms with Crippen LogP contribution in [0.15, 0.2) is 82.6 Å². The number of halogens is 1. The van der Waals surface area contributed by atoms with Gasteiger partial charge in [-0.1, -0.05) is 78.8 Å². The van der Waals surface area contributed by atoms with Crippen molar-refractivity contribution in [2.24, 2.45) is 5.92 Å². The third kappa shape index (κ3) is 6.28. The predicted octanol–water partition coefficient (Wildman–Crippen LogP) is 7.11. The first kappa shape index (κ1) is 22.3. The van der Waals surface area contributed by atoms with E-state index in [9.17, 15) is 9.90 Å². The van der Waals surface area contributed by atoms with Crippen LogP contribution in [-0.4, -0.2) is 11.1 Å². The second kappa shape index (κ2) is 11.1. The minimum atomic E-state index is -0.744. The van der Waals surface area contributed by atoms with E-state index in [0.29, 0.717) is 30.9 Å². The fourth-order valence-electron chi connectivity index (χ4n) is 3.16. The van der Waals surface area contributed by atoms with Crippen LogP contribution in [0.25, 0.3) is 0 Å². The Bertz CT molecular complexity index is 975. The molecule has 0 aliphatic carbocycles. The number of carbonyl (C=O) groups is 1. The van der Waals surface area contributed by atoms with Gasteiger partial charge in [0.2, 0.25) is 0 Å². The van der Waals surface area contributed by atoms with Crippen molar-refractivity contribution in [3.8, 4) is 5.75 Å². The maximum Gasteiger partial charge on any atom is 0.306 e.